The molecular formula is C15H18N2OS. The summed E-state index contributed by atoms with van der Waals surface area (Å²) in [4.78, 5) is 6.08. The Hall–Kier alpha value is -1.39. The van der Waals surface area contributed by atoms with Gasteiger partial charge in [-0.1, -0.05) is 25.1 Å². The van der Waals surface area contributed by atoms with Crippen LogP contribution in [0.3, 0.4) is 0 Å². The highest BCUT2D eigenvalue weighted by molar-refractivity contribution is 7.11. The van der Waals surface area contributed by atoms with E-state index in [1.54, 1.807) is 11.3 Å². The van der Waals surface area contributed by atoms with E-state index in [4.69, 9.17) is 9.72 Å². The van der Waals surface area contributed by atoms with Crippen LogP contribution < -0.4 is 10.1 Å². The van der Waals surface area contributed by atoms with Gasteiger partial charge in [-0.3, -0.25) is 0 Å². The fourth-order valence-corrected chi connectivity index (χ4v) is 3.51. The van der Waals surface area contributed by atoms with Crippen LogP contribution in [-0.2, 0) is 6.54 Å². The Labute approximate surface area is 117 Å². The van der Waals surface area contributed by atoms with Crippen LogP contribution in [0.25, 0.3) is 0 Å². The van der Waals surface area contributed by atoms with E-state index in [1.807, 2.05) is 12.1 Å². The molecule has 0 spiro atoms. The van der Waals surface area contributed by atoms with Crippen molar-refractivity contribution in [1.29, 1.82) is 0 Å². The van der Waals surface area contributed by atoms with E-state index in [9.17, 15) is 0 Å². The van der Waals surface area contributed by atoms with E-state index in [1.165, 1.54) is 15.4 Å². The summed E-state index contributed by atoms with van der Waals surface area (Å²) in [5.74, 6) is 1.31. The molecule has 100 valence electrons. The minimum atomic E-state index is 0.301. The summed E-state index contributed by atoms with van der Waals surface area (Å²) in [5, 5.41) is 4.54. The molecule has 0 aliphatic carbocycles. The Morgan fingerprint density at radius 3 is 3.11 bits per heavy atom. The second-order valence-electron chi connectivity index (χ2n) is 4.74. The van der Waals surface area contributed by atoms with Gasteiger partial charge >= 0.3 is 0 Å². The van der Waals surface area contributed by atoms with Crippen LogP contribution in [-0.4, -0.2) is 18.1 Å². The second kappa shape index (κ2) is 5.31. The molecule has 0 saturated heterocycles. The van der Waals surface area contributed by atoms with Crippen LogP contribution in [0.1, 0.15) is 34.0 Å². The summed E-state index contributed by atoms with van der Waals surface area (Å²) in [5.41, 5.74) is 2.41. The minimum Gasteiger partial charge on any atom is -0.492 e. The molecule has 19 heavy (non-hydrogen) atoms. The first-order chi connectivity index (χ1) is 9.29. The summed E-state index contributed by atoms with van der Waals surface area (Å²) in [6.45, 7) is 6.83. The van der Waals surface area contributed by atoms with Crippen molar-refractivity contribution in [1.82, 2.24) is 10.3 Å². The molecule has 2 aromatic rings. The van der Waals surface area contributed by atoms with Crippen molar-refractivity contribution >= 4 is 11.3 Å². The van der Waals surface area contributed by atoms with E-state index in [0.29, 0.717) is 12.5 Å². The van der Waals surface area contributed by atoms with E-state index >= 15 is 0 Å². The molecule has 3 rings (SSSR count). The molecule has 0 bridgehead atoms. The van der Waals surface area contributed by atoms with Crippen LogP contribution in [0.4, 0.5) is 0 Å². The number of benzene rings is 1. The number of hydrogen-bond donors (Lipinski definition) is 1. The fourth-order valence-electron chi connectivity index (χ4n) is 2.37. The molecule has 0 fully saturated rings. The van der Waals surface area contributed by atoms with E-state index in [-0.39, 0.29) is 0 Å². The Kier molecular flexibility index (Phi) is 3.53. The number of fused-ring (bicyclic) bond motifs is 1. The Bertz CT molecular complexity index is 579. The third-order valence-corrected chi connectivity index (χ3v) is 4.71. The van der Waals surface area contributed by atoms with Crippen molar-refractivity contribution in [3.05, 3.63) is 45.4 Å². The summed E-state index contributed by atoms with van der Waals surface area (Å²) in [7, 11) is 0. The zero-order valence-electron chi connectivity index (χ0n) is 11.3. The topological polar surface area (TPSA) is 34.1 Å². The summed E-state index contributed by atoms with van der Waals surface area (Å²) < 4.78 is 5.75. The third kappa shape index (κ3) is 2.38. The number of aromatic nitrogens is 1. The molecule has 4 heteroatoms. The maximum Gasteiger partial charge on any atom is 0.123 e. The average Bonchev–Trinajstić information content (AvgIpc) is 3.00. The number of ether oxygens (including phenoxy) is 1. The predicted molar refractivity (Wildman–Crippen MR) is 78.0 cm³/mol. The first-order valence-electron chi connectivity index (χ1n) is 6.68. The van der Waals surface area contributed by atoms with Crippen LogP contribution in [0, 0.1) is 6.92 Å². The quantitative estimate of drug-likeness (QED) is 0.930. The molecule has 0 saturated carbocycles. The molecule has 1 aliphatic rings. The Morgan fingerprint density at radius 1 is 1.42 bits per heavy atom. The van der Waals surface area contributed by atoms with Gasteiger partial charge in [0.25, 0.3) is 0 Å². The monoisotopic (exact) mass is 274 g/mol. The molecule has 3 nitrogen and oxygen atoms in total. The van der Waals surface area contributed by atoms with Crippen molar-refractivity contribution in [3.8, 4) is 5.75 Å². The normalized spacial score (nSPS) is 17.3. The molecular weight excluding hydrogens is 256 g/mol. The number of hydrogen-bond acceptors (Lipinski definition) is 4. The van der Waals surface area contributed by atoms with Gasteiger partial charge in [0.15, 0.2) is 0 Å². The molecule has 1 atom stereocenters. The molecule has 0 radical (unpaired) electrons. The van der Waals surface area contributed by atoms with Crippen molar-refractivity contribution in [3.63, 3.8) is 0 Å². The maximum absolute atomic E-state index is 5.75. The lowest BCUT2D eigenvalue weighted by atomic mass is 10.0. The molecule has 1 aromatic carbocycles. The van der Waals surface area contributed by atoms with Crippen LogP contribution in [0.2, 0.25) is 0 Å². The number of nitrogens with zero attached hydrogens (tertiary/aromatic N) is 1. The standard InChI is InChI=1S/C15H18N2OS/c1-3-16-8-14-10(2)17-15(19-14)12-9-18-13-7-5-4-6-11(12)13/h4-7,12,16H,3,8-9H2,1-2H3. The van der Waals surface area contributed by atoms with Crippen molar-refractivity contribution in [2.24, 2.45) is 0 Å². The van der Waals surface area contributed by atoms with Gasteiger partial charge in [0, 0.05) is 17.0 Å². The minimum absolute atomic E-state index is 0.301. The van der Waals surface area contributed by atoms with E-state index in [2.05, 4.69) is 31.3 Å². The van der Waals surface area contributed by atoms with Gasteiger partial charge < -0.3 is 10.1 Å². The van der Waals surface area contributed by atoms with Crippen molar-refractivity contribution < 1.29 is 4.74 Å². The molecule has 1 unspecified atom stereocenters. The molecule has 2 heterocycles. The van der Waals surface area contributed by atoms with Crippen LogP contribution in [0.15, 0.2) is 24.3 Å². The highest BCUT2D eigenvalue weighted by Crippen LogP contribution is 2.39. The predicted octanol–water partition coefficient (Wildman–Crippen LogP) is 3.09. The highest BCUT2D eigenvalue weighted by atomic mass is 32.1. The van der Waals surface area contributed by atoms with Gasteiger partial charge in [-0.15, -0.1) is 11.3 Å². The zero-order chi connectivity index (χ0) is 13.2. The highest BCUT2D eigenvalue weighted by Gasteiger charge is 2.28. The van der Waals surface area contributed by atoms with Gasteiger partial charge in [-0.25, -0.2) is 4.98 Å². The second-order valence-corrected chi connectivity index (χ2v) is 5.86. The molecule has 1 N–H and O–H groups in total. The van der Waals surface area contributed by atoms with Crippen molar-refractivity contribution in [2.75, 3.05) is 13.2 Å². The van der Waals surface area contributed by atoms with E-state index < -0.39 is 0 Å². The lowest BCUT2D eigenvalue weighted by Gasteiger charge is -2.03. The average molecular weight is 274 g/mol. The largest absolute Gasteiger partial charge is 0.492 e. The fraction of sp³-hybridized carbons (Fsp3) is 0.400. The SMILES string of the molecule is CCNCc1sc(C2COc3ccccc32)nc1C. The molecule has 1 aliphatic heterocycles. The van der Waals surface area contributed by atoms with Gasteiger partial charge in [0.2, 0.25) is 0 Å². The summed E-state index contributed by atoms with van der Waals surface area (Å²) in [6, 6.07) is 8.27. The number of nitrogens with one attached hydrogen (secondary N) is 1. The van der Waals surface area contributed by atoms with Crippen molar-refractivity contribution in [2.45, 2.75) is 26.3 Å². The summed E-state index contributed by atoms with van der Waals surface area (Å²) >= 11 is 1.81. The van der Waals surface area contributed by atoms with Gasteiger partial charge in [0.05, 0.1) is 11.6 Å². The number of aryl methyl sites for hydroxylation is 1. The third-order valence-electron chi connectivity index (χ3n) is 3.44. The van der Waals surface area contributed by atoms with Gasteiger partial charge in [-0.05, 0) is 19.5 Å². The summed E-state index contributed by atoms with van der Waals surface area (Å²) in [6.07, 6.45) is 0. The van der Waals surface area contributed by atoms with E-state index in [0.717, 1.165) is 24.5 Å². The maximum atomic E-state index is 5.75. The number of para-hydroxylation sites is 1. The van der Waals surface area contributed by atoms with Gasteiger partial charge in [-0.2, -0.15) is 0 Å². The van der Waals surface area contributed by atoms with Gasteiger partial charge in [0.1, 0.15) is 17.4 Å². The van der Waals surface area contributed by atoms with Crippen LogP contribution in [0.5, 0.6) is 5.75 Å². The first-order valence-corrected chi connectivity index (χ1v) is 7.50. The van der Waals surface area contributed by atoms with Crippen LogP contribution >= 0.6 is 11.3 Å². The number of rotatable bonds is 4. The lowest BCUT2D eigenvalue weighted by Crippen LogP contribution is -2.11. The lowest BCUT2D eigenvalue weighted by molar-refractivity contribution is 0.343. The Morgan fingerprint density at radius 2 is 2.26 bits per heavy atom. The molecule has 1 aromatic heterocycles. The number of thiazole rings is 1. The smallest absolute Gasteiger partial charge is 0.123 e. The first kappa shape index (κ1) is 12.6. The Balaban J connectivity index is 1.88. The zero-order valence-corrected chi connectivity index (χ0v) is 12.1. The molecule has 0 amide bonds.